The van der Waals surface area contributed by atoms with Gasteiger partial charge in [0.25, 0.3) is 5.91 Å². The van der Waals surface area contributed by atoms with Crippen LogP contribution < -0.4 is 4.72 Å². The van der Waals surface area contributed by atoms with E-state index in [1.54, 1.807) is 35.1 Å². The van der Waals surface area contributed by atoms with Gasteiger partial charge in [0, 0.05) is 11.1 Å². The molecule has 0 unspecified atom stereocenters. The molecule has 0 aliphatic carbocycles. The van der Waals surface area contributed by atoms with Gasteiger partial charge in [-0.1, -0.05) is 36.4 Å². The van der Waals surface area contributed by atoms with Crippen LogP contribution in [-0.4, -0.2) is 30.4 Å². The molecule has 1 N–H and O–H groups in total. The van der Waals surface area contributed by atoms with Crippen LogP contribution in [0.25, 0.3) is 16.9 Å². The van der Waals surface area contributed by atoms with Gasteiger partial charge in [-0.05, 0) is 24.3 Å². The summed E-state index contributed by atoms with van der Waals surface area (Å²) in [5.41, 5.74) is 2.77. The smallest absolute Gasteiger partial charge is 0.264 e. The largest absolute Gasteiger partial charge is 0.268 e. The highest BCUT2D eigenvalue weighted by Crippen LogP contribution is 2.22. The molecule has 1 heterocycles. The maximum atomic E-state index is 12.0. The molecule has 1 aromatic heterocycles. The Kier molecular flexibility index (Phi) is 4.18. The SMILES string of the molecule is CS(=O)(=O)NC(=O)c1cccc(-n2nccc2-c2ccccc2)c1. The van der Waals surface area contributed by atoms with Gasteiger partial charge in [-0.2, -0.15) is 5.10 Å². The number of carbonyl (C=O) groups excluding carboxylic acids is 1. The van der Waals surface area contributed by atoms with Crippen LogP contribution >= 0.6 is 0 Å². The highest BCUT2D eigenvalue weighted by Gasteiger charge is 2.13. The second kappa shape index (κ2) is 6.29. The number of hydrogen-bond donors (Lipinski definition) is 1. The van der Waals surface area contributed by atoms with Crippen molar-refractivity contribution in [3.8, 4) is 16.9 Å². The van der Waals surface area contributed by atoms with Crippen LogP contribution in [0.5, 0.6) is 0 Å². The summed E-state index contributed by atoms with van der Waals surface area (Å²) in [6, 6.07) is 18.2. The van der Waals surface area contributed by atoms with Gasteiger partial charge >= 0.3 is 0 Å². The van der Waals surface area contributed by atoms with Gasteiger partial charge in [-0.3, -0.25) is 4.79 Å². The summed E-state index contributed by atoms with van der Waals surface area (Å²) in [4.78, 5) is 12.0. The number of nitrogens with one attached hydrogen (secondary N) is 1. The molecule has 0 aliphatic rings. The zero-order valence-corrected chi connectivity index (χ0v) is 13.7. The number of amides is 1. The Balaban J connectivity index is 1.99. The quantitative estimate of drug-likeness (QED) is 0.789. The molecule has 0 fully saturated rings. The minimum Gasteiger partial charge on any atom is -0.268 e. The number of nitrogens with zero attached hydrogens (tertiary/aromatic N) is 2. The predicted molar refractivity (Wildman–Crippen MR) is 91.3 cm³/mol. The van der Waals surface area contributed by atoms with E-state index in [1.807, 2.05) is 41.1 Å². The monoisotopic (exact) mass is 341 g/mol. The van der Waals surface area contributed by atoms with E-state index in [0.29, 0.717) is 5.69 Å². The third-order valence-corrected chi connectivity index (χ3v) is 3.90. The van der Waals surface area contributed by atoms with Crippen LogP contribution in [0.4, 0.5) is 0 Å². The van der Waals surface area contributed by atoms with Crippen LogP contribution in [0, 0.1) is 0 Å². The first-order chi connectivity index (χ1) is 11.4. The fourth-order valence-corrected chi connectivity index (χ4v) is 2.80. The van der Waals surface area contributed by atoms with Crippen LogP contribution in [0.2, 0.25) is 0 Å². The van der Waals surface area contributed by atoms with Crippen molar-refractivity contribution < 1.29 is 13.2 Å². The molecule has 6 nitrogen and oxygen atoms in total. The van der Waals surface area contributed by atoms with Gasteiger partial charge in [0.2, 0.25) is 10.0 Å². The summed E-state index contributed by atoms with van der Waals surface area (Å²) < 4.78 is 26.1. The molecular weight excluding hydrogens is 326 g/mol. The van der Waals surface area contributed by atoms with E-state index in [-0.39, 0.29) is 5.56 Å². The van der Waals surface area contributed by atoms with Gasteiger partial charge in [0.05, 0.1) is 23.8 Å². The van der Waals surface area contributed by atoms with Crippen molar-refractivity contribution in [1.29, 1.82) is 0 Å². The van der Waals surface area contributed by atoms with Crippen molar-refractivity contribution in [2.24, 2.45) is 0 Å². The maximum Gasteiger partial charge on any atom is 0.264 e. The molecule has 2 aromatic carbocycles. The molecule has 0 saturated carbocycles. The summed E-state index contributed by atoms with van der Waals surface area (Å²) >= 11 is 0. The third-order valence-electron chi connectivity index (χ3n) is 3.34. The number of hydrogen-bond acceptors (Lipinski definition) is 4. The van der Waals surface area contributed by atoms with Crippen molar-refractivity contribution in [3.63, 3.8) is 0 Å². The highest BCUT2D eigenvalue weighted by molar-refractivity contribution is 7.89. The molecule has 0 radical (unpaired) electrons. The first kappa shape index (κ1) is 15.9. The van der Waals surface area contributed by atoms with Crippen LogP contribution in [0.3, 0.4) is 0 Å². The molecule has 122 valence electrons. The number of benzene rings is 2. The standard InChI is InChI=1S/C17H15N3O3S/c1-24(22,23)19-17(21)14-8-5-9-15(12-14)20-16(10-11-18-20)13-6-3-2-4-7-13/h2-12H,1H3,(H,19,21). The molecule has 0 saturated heterocycles. The van der Waals surface area contributed by atoms with Gasteiger partial charge in [0.15, 0.2) is 0 Å². The van der Waals surface area contributed by atoms with E-state index >= 15 is 0 Å². The van der Waals surface area contributed by atoms with Crippen LogP contribution in [0.1, 0.15) is 10.4 Å². The lowest BCUT2D eigenvalue weighted by atomic mass is 10.1. The molecule has 0 spiro atoms. The normalized spacial score (nSPS) is 11.2. The second-order valence-electron chi connectivity index (χ2n) is 5.25. The molecule has 0 atom stereocenters. The fourth-order valence-electron chi connectivity index (χ4n) is 2.34. The maximum absolute atomic E-state index is 12.0. The first-order valence-electron chi connectivity index (χ1n) is 7.16. The average Bonchev–Trinajstić information content (AvgIpc) is 3.04. The Morgan fingerprint density at radius 1 is 1.04 bits per heavy atom. The third kappa shape index (κ3) is 3.52. The Bertz CT molecular complexity index is 979. The lowest BCUT2D eigenvalue weighted by Crippen LogP contribution is -2.29. The van der Waals surface area contributed by atoms with Gasteiger partial charge in [0.1, 0.15) is 0 Å². The number of aromatic nitrogens is 2. The Morgan fingerprint density at radius 2 is 1.79 bits per heavy atom. The van der Waals surface area contributed by atoms with Crippen molar-refractivity contribution in [2.75, 3.05) is 6.26 Å². The lowest BCUT2D eigenvalue weighted by Gasteiger charge is -2.09. The highest BCUT2D eigenvalue weighted by atomic mass is 32.2. The predicted octanol–water partition coefficient (Wildman–Crippen LogP) is 2.23. The number of carbonyl (C=O) groups is 1. The van der Waals surface area contributed by atoms with Crippen molar-refractivity contribution >= 4 is 15.9 Å². The van der Waals surface area contributed by atoms with E-state index in [0.717, 1.165) is 17.5 Å². The molecule has 3 rings (SSSR count). The summed E-state index contributed by atoms with van der Waals surface area (Å²) in [6.45, 7) is 0. The van der Waals surface area contributed by atoms with Crippen molar-refractivity contribution in [2.45, 2.75) is 0 Å². The van der Waals surface area contributed by atoms with Gasteiger partial charge in [-0.25, -0.2) is 17.8 Å². The molecular formula is C17H15N3O3S. The van der Waals surface area contributed by atoms with E-state index < -0.39 is 15.9 Å². The Hall–Kier alpha value is -2.93. The molecule has 0 bridgehead atoms. The van der Waals surface area contributed by atoms with E-state index in [9.17, 15) is 13.2 Å². The van der Waals surface area contributed by atoms with Gasteiger partial charge in [-0.15, -0.1) is 0 Å². The molecule has 1 amide bonds. The first-order valence-corrected chi connectivity index (χ1v) is 9.05. The Morgan fingerprint density at radius 3 is 2.50 bits per heavy atom. The fraction of sp³-hybridized carbons (Fsp3) is 0.0588. The molecule has 24 heavy (non-hydrogen) atoms. The van der Waals surface area contributed by atoms with E-state index in [1.165, 1.54) is 0 Å². The minimum absolute atomic E-state index is 0.243. The summed E-state index contributed by atoms with van der Waals surface area (Å²) in [5, 5.41) is 4.30. The minimum atomic E-state index is -3.61. The van der Waals surface area contributed by atoms with Crippen molar-refractivity contribution in [1.82, 2.24) is 14.5 Å². The van der Waals surface area contributed by atoms with Crippen LogP contribution in [0.15, 0.2) is 66.9 Å². The van der Waals surface area contributed by atoms with E-state index in [2.05, 4.69) is 5.10 Å². The van der Waals surface area contributed by atoms with Gasteiger partial charge < -0.3 is 0 Å². The van der Waals surface area contributed by atoms with Crippen molar-refractivity contribution in [3.05, 3.63) is 72.4 Å². The number of rotatable bonds is 4. The summed E-state index contributed by atoms with van der Waals surface area (Å²) in [6.07, 6.45) is 2.61. The topological polar surface area (TPSA) is 81.1 Å². The summed E-state index contributed by atoms with van der Waals surface area (Å²) in [5.74, 6) is -0.673. The Labute approximate surface area is 139 Å². The average molecular weight is 341 g/mol. The van der Waals surface area contributed by atoms with E-state index in [4.69, 9.17) is 0 Å². The van der Waals surface area contributed by atoms with Crippen LogP contribution in [-0.2, 0) is 10.0 Å². The summed E-state index contributed by atoms with van der Waals surface area (Å²) in [7, 11) is -3.61. The molecule has 0 aliphatic heterocycles. The second-order valence-corrected chi connectivity index (χ2v) is 7.00. The lowest BCUT2D eigenvalue weighted by molar-refractivity contribution is 0.0981. The number of sulfonamides is 1. The molecule has 3 aromatic rings. The zero-order valence-electron chi connectivity index (χ0n) is 12.9. The molecule has 7 heteroatoms. The zero-order chi connectivity index (χ0) is 17.2.